The van der Waals surface area contributed by atoms with E-state index in [1.807, 2.05) is 36.4 Å². The zero-order valence-electron chi connectivity index (χ0n) is 14.9. The minimum Gasteiger partial charge on any atom is -0.457 e. The summed E-state index contributed by atoms with van der Waals surface area (Å²) in [5.41, 5.74) is 0.910. The summed E-state index contributed by atoms with van der Waals surface area (Å²) in [5, 5.41) is 4.87. The molecule has 2 unspecified atom stereocenters. The van der Waals surface area contributed by atoms with Crippen molar-refractivity contribution in [3.05, 3.63) is 71.8 Å². The van der Waals surface area contributed by atoms with Crippen LogP contribution >= 0.6 is 11.6 Å². The largest absolute Gasteiger partial charge is 0.457 e. The Hall–Kier alpha value is -2.41. The van der Waals surface area contributed by atoms with Crippen LogP contribution in [0.3, 0.4) is 0 Å². The van der Waals surface area contributed by atoms with Crippen LogP contribution in [0, 0.1) is 0 Å². The SMILES string of the molecule is CC1CCOC(Cn2cncn2)(c2ccc(Oc3ccc(Cl)cc3)cc2)O1. The molecule has 0 spiro atoms. The molecule has 1 aliphatic heterocycles. The molecule has 0 bridgehead atoms. The Balaban J connectivity index is 1.57. The van der Waals surface area contributed by atoms with Gasteiger partial charge in [0.15, 0.2) is 0 Å². The Morgan fingerprint density at radius 3 is 2.48 bits per heavy atom. The van der Waals surface area contributed by atoms with Gasteiger partial charge in [0.2, 0.25) is 5.79 Å². The van der Waals surface area contributed by atoms with Gasteiger partial charge in [-0.15, -0.1) is 0 Å². The number of benzene rings is 2. The molecule has 1 saturated heterocycles. The van der Waals surface area contributed by atoms with E-state index in [2.05, 4.69) is 17.0 Å². The minimum atomic E-state index is -0.899. The molecule has 2 atom stereocenters. The molecule has 1 aromatic heterocycles. The van der Waals surface area contributed by atoms with Crippen LogP contribution in [0.4, 0.5) is 0 Å². The Bertz CT molecular complexity index is 869. The number of rotatable bonds is 5. The first-order chi connectivity index (χ1) is 13.1. The third kappa shape index (κ3) is 4.13. The molecule has 0 N–H and O–H groups in total. The maximum absolute atomic E-state index is 6.24. The highest BCUT2D eigenvalue weighted by atomic mass is 35.5. The van der Waals surface area contributed by atoms with Gasteiger partial charge in [0.25, 0.3) is 0 Å². The molecule has 27 heavy (non-hydrogen) atoms. The fraction of sp³-hybridized carbons (Fsp3) is 0.300. The Morgan fingerprint density at radius 2 is 1.85 bits per heavy atom. The van der Waals surface area contributed by atoms with Gasteiger partial charge in [0, 0.05) is 10.6 Å². The van der Waals surface area contributed by atoms with Crippen molar-refractivity contribution in [2.75, 3.05) is 6.61 Å². The lowest BCUT2D eigenvalue weighted by atomic mass is 10.0. The predicted molar refractivity (Wildman–Crippen MR) is 101 cm³/mol. The van der Waals surface area contributed by atoms with Crippen LogP contribution < -0.4 is 4.74 Å². The van der Waals surface area contributed by atoms with Crippen molar-refractivity contribution in [3.8, 4) is 11.5 Å². The normalized spacial score (nSPS) is 22.5. The summed E-state index contributed by atoms with van der Waals surface area (Å²) in [5.74, 6) is 0.550. The maximum atomic E-state index is 6.24. The summed E-state index contributed by atoms with van der Waals surface area (Å²) in [6, 6.07) is 15.0. The summed E-state index contributed by atoms with van der Waals surface area (Å²) >= 11 is 5.91. The molecule has 0 aliphatic carbocycles. The summed E-state index contributed by atoms with van der Waals surface area (Å²) < 4.78 is 19.9. The average molecular weight is 386 g/mol. The first kappa shape index (κ1) is 18.0. The number of ether oxygens (including phenoxy) is 3. The van der Waals surface area contributed by atoms with Gasteiger partial charge in [-0.1, -0.05) is 11.6 Å². The minimum absolute atomic E-state index is 0.0901. The van der Waals surface area contributed by atoms with Crippen LogP contribution in [0.15, 0.2) is 61.2 Å². The van der Waals surface area contributed by atoms with E-state index >= 15 is 0 Å². The molecular formula is C20H20ClN3O3. The summed E-state index contributed by atoms with van der Waals surface area (Å²) in [4.78, 5) is 4.01. The molecule has 140 valence electrons. The first-order valence-corrected chi connectivity index (χ1v) is 9.19. The van der Waals surface area contributed by atoms with Gasteiger partial charge in [0.05, 0.1) is 12.7 Å². The van der Waals surface area contributed by atoms with Crippen LogP contribution in [0.1, 0.15) is 18.9 Å². The first-order valence-electron chi connectivity index (χ1n) is 8.81. The second-order valence-electron chi connectivity index (χ2n) is 6.49. The van der Waals surface area contributed by atoms with E-state index in [1.54, 1.807) is 23.1 Å². The molecule has 3 aromatic rings. The van der Waals surface area contributed by atoms with E-state index in [-0.39, 0.29) is 6.10 Å². The molecule has 1 fully saturated rings. The van der Waals surface area contributed by atoms with E-state index in [0.717, 1.165) is 23.5 Å². The van der Waals surface area contributed by atoms with Gasteiger partial charge < -0.3 is 14.2 Å². The Labute approximate surface area is 162 Å². The van der Waals surface area contributed by atoms with E-state index < -0.39 is 5.79 Å². The molecule has 6 nitrogen and oxygen atoms in total. The molecule has 0 amide bonds. The van der Waals surface area contributed by atoms with Gasteiger partial charge in [-0.05, 0) is 61.9 Å². The number of aromatic nitrogens is 3. The van der Waals surface area contributed by atoms with E-state index in [4.69, 9.17) is 25.8 Å². The van der Waals surface area contributed by atoms with Crippen molar-refractivity contribution in [1.82, 2.24) is 14.8 Å². The average Bonchev–Trinajstić information content (AvgIpc) is 3.17. The second kappa shape index (κ2) is 7.68. The van der Waals surface area contributed by atoms with E-state index in [0.29, 0.717) is 18.2 Å². The third-order valence-corrected chi connectivity index (χ3v) is 4.68. The van der Waals surface area contributed by atoms with Crippen molar-refractivity contribution in [2.24, 2.45) is 0 Å². The lowest BCUT2D eigenvalue weighted by molar-refractivity contribution is -0.307. The van der Waals surface area contributed by atoms with Crippen molar-refractivity contribution in [3.63, 3.8) is 0 Å². The molecule has 2 aromatic carbocycles. The molecule has 0 radical (unpaired) electrons. The van der Waals surface area contributed by atoms with Crippen LogP contribution in [0.5, 0.6) is 11.5 Å². The fourth-order valence-corrected chi connectivity index (χ4v) is 3.20. The van der Waals surface area contributed by atoms with Gasteiger partial charge in [-0.2, -0.15) is 5.10 Å². The fourth-order valence-electron chi connectivity index (χ4n) is 3.08. The van der Waals surface area contributed by atoms with Crippen molar-refractivity contribution >= 4 is 11.6 Å². The third-order valence-electron chi connectivity index (χ3n) is 4.43. The summed E-state index contributed by atoms with van der Waals surface area (Å²) in [6.45, 7) is 3.10. The zero-order valence-corrected chi connectivity index (χ0v) is 15.7. The van der Waals surface area contributed by atoms with Crippen LogP contribution in [-0.4, -0.2) is 27.5 Å². The molecule has 4 rings (SSSR count). The lowest BCUT2D eigenvalue weighted by Gasteiger charge is -2.40. The smallest absolute Gasteiger partial charge is 0.215 e. The lowest BCUT2D eigenvalue weighted by Crippen LogP contribution is -2.44. The topological polar surface area (TPSA) is 58.4 Å². The molecule has 1 aliphatic rings. The maximum Gasteiger partial charge on any atom is 0.215 e. The molecular weight excluding hydrogens is 366 g/mol. The Morgan fingerprint density at radius 1 is 1.15 bits per heavy atom. The number of halogens is 1. The highest BCUT2D eigenvalue weighted by molar-refractivity contribution is 6.30. The number of hydrogen-bond acceptors (Lipinski definition) is 5. The van der Waals surface area contributed by atoms with Gasteiger partial charge in [0.1, 0.15) is 30.7 Å². The monoisotopic (exact) mass is 385 g/mol. The van der Waals surface area contributed by atoms with Gasteiger partial charge in [-0.3, -0.25) is 0 Å². The van der Waals surface area contributed by atoms with Crippen molar-refractivity contribution in [1.29, 1.82) is 0 Å². The molecule has 0 saturated carbocycles. The van der Waals surface area contributed by atoms with Gasteiger partial charge in [-0.25, -0.2) is 9.67 Å². The summed E-state index contributed by atoms with van der Waals surface area (Å²) in [7, 11) is 0. The van der Waals surface area contributed by atoms with E-state index in [9.17, 15) is 0 Å². The Kier molecular flexibility index (Phi) is 5.11. The number of nitrogens with zero attached hydrogens (tertiary/aromatic N) is 3. The van der Waals surface area contributed by atoms with E-state index in [1.165, 1.54) is 6.33 Å². The van der Waals surface area contributed by atoms with Crippen molar-refractivity contribution < 1.29 is 14.2 Å². The molecule has 2 heterocycles. The highest BCUT2D eigenvalue weighted by Gasteiger charge is 2.40. The van der Waals surface area contributed by atoms with Gasteiger partial charge >= 0.3 is 0 Å². The highest BCUT2D eigenvalue weighted by Crippen LogP contribution is 2.36. The number of hydrogen-bond donors (Lipinski definition) is 0. The van der Waals surface area contributed by atoms with Crippen LogP contribution in [-0.2, 0) is 21.8 Å². The quantitative estimate of drug-likeness (QED) is 0.651. The van der Waals surface area contributed by atoms with Crippen LogP contribution in [0.2, 0.25) is 5.02 Å². The van der Waals surface area contributed by atoms with Crippen molar-refractivity contribution in [2.45, 2.75) is 31.8 Å². The predicted octanol–water partition coefficient (Wildman–Crippen LogP) is 4.40. The van der Waals surface area contributed by atoms with Crippen LogP contribution in [0.25, 0.3) is 0 Å². The standard InChI is InChI=1S/C20H20ClN3O3/c1-15-10-11-25-20(27-15,12-24-14-22-13-23-24)16-2-6-18(7-3-16)26-19-8-4-17(21)5-9-19/h2-9,13-15H,10-12H2,1H3. The summed E-state index contributed by atoms with van der Waals surface area (Å²) in [6.07, 6.45) is 4.11. The zero-order chi connectivity index (χ0) is 18.7. The molecule has 7 heteroatoms. The second-order valence-corrected chi connectivity index (χ2v) is 6.93.